The van der Waals surface area contributed by atoms with Crippen LogP contribution < -0.4 is 0 Å². The lowest BCUT2D eigenvalue weighted by atomic mass is 11.8. The third-order valence-electron chi connectivity index (χ3n) is 0. The lowest BCUT2D eigenvalue weighted by molar-refractivity contribution is 0.405. The van der Waals surface area contributed by atoms with Gasteiger partial charge in [0.05, 0.1) is 0 Å². The average molecular weight is 229 g/mol. The smallest absolute Gasteiger partial charge is 0.134 e. The first kappa shape index (κ1) is 18.3. The van der Waals surface area contributed by atoms with Gasteiger partial charge in [-0.15, -0.1) is 9.79 Å². The van der Waals surface area contributed by atoms with Gasteiger partial charge >= 0.3 is 8.25 Å². The van der Waals surface area contributed by atoms with E-state index in [-0.39, 0.29) is 17.6 Å². The summed E-state index contributed by atoms with van der Waals surface area (Å²) >= 11 is 0. The van der Waals surface area contributed by atoms with E-state index >= 15 is 0 Å². The predicted octanol–water partition coefficient (Wildman–Crippen LogP) is 1.83. The summed E-state index contributed by atoms with van der Waals surface area (Å²) in [6.07, 6.45) is 0. The van der Waals surface area contributed by atoms with Gasteiger partial charge in [0.15, 0.2) is 0 Å². The fourth-order valence-corrected chi connectivity index (χ4v) is 0. The van der Waals surface area contributed by atoms with Crippen LogP contribution >= 0.6 is 8.25 Å². The van der Waals surface area contributed by atoms with Crippen LogP contribution in [0.1, 0.15) is 0 Å². The largest absolute Gasteiger partial charge is 0.692 e. The fourth-order valence-electron chi connectivity index (χ4n) is 0. The number of hydrogen-bond acceptors (Lipinski definition) is 1. The van der Waals surface area contributed by atoms with E-state index in [9.17, 15) is 0 Å². The molecule has 76 valence electrons. The average Bonchev–Trinajstić information content (AvgIpc) is 1.54. The van der Waals surface area contributed by atoms with Gasteiger partial charge in [-0.3, -0.25) is 0 Å². The Bertz CT molecular complexity index is 83.3. The molecule has 0 aliphatic carbocycles. The molecule has 0 rings (SSSR count). The summed E-state index contributed by atoms with van der Waals surface area (Å²) in [5, 5.41) is 0. The standard InChI is InChI=1S/2C3H10Si.HO3P/c3*1-4(2)3/h2*4H,1-3H3;(H-,1,2,3)/p+1. The molecule has 0 unspecified atom stereocenters. The van der Waals surface area contributed by atoms with Gasteiger partial charge < -0.3 is 0 Å². The lowest BCUT2D eigenvalue weighted by Gasteiger charge is -1.75. The van der Waals surface area contributed by atoms with Crippen molar-refractivity contribution in [2.75, 3.05) is 0 Å². The molecule has 0 aromatic rings. The van der Waals surface area contributed by atoms with Gasteiger partial charge in [-0.05, 0) is 0 Å². The summed E-state index contributed by atoms with van der Waals surface area (Å²) in [7, 11) is -3.15. The Morgan fingerprint density at radius 2 is 0.833 bits per heavy atom. The van der Waals surface area contributed by atoms with Crippen LogP contribution in [0.2, 0.25) is 39.3 Å². The minimum absolute atomic E-state index is 0.139. The summed E-state index contributed by atoms with van der Waals surface area (Å²) in [4.78, 5) is 14.2. The second-order valence-electron chi connectivity index (χ2n) is 3.72. The molecule has 0 bridgehead atoms. The van der Waals surface area contributed by atoms with E-state index in [1.54, 1.807) is 0 Å². The van der Waals surface area contributed by atoms with Crippen molar-refractivity contribution in [3.8, 4) is 0 Å². The van der Waals surface area contributed by atoms with E-state index in [4.69, 9.17) is 14.4 Å². The number of rotatable bonds is 0. The molecule has 0 aromatic heterocycles. The summed E-state index contributed by atoms with van der Waals surface area (Å²) in [6, 6.07) is 0. The molecule has 0 fully saturated rings. The van der Waals surface area contributed by atoms with Crippen molar-refractivity contribution in [1.29, 1.82) is 0 Å². The first-order valence-electron chi connectivity index (χ1n) is 4.05. The van der Waals surface area contributed by atoms with Crippen LogP contribution in [-0.2, 0) is 4.57 Å². The molecule has 2 N–H and O–H groups in total. The molecule has 0 atom stereocenters. The van der Waals surface area contributed by atoms with Crippen molar-refractivity contribution >= 4 is 25.8 Å². The van der Waals surface area contributed by atoms with Crippen LogP contribution in [-0.4, -0.2) is 27.4 Å². The molecule has 6 heteroatoms. The Hall–Kier alpha value is 0.454. The van der Waals surface area contributed by atoms with E-state index < -0.39 is 8.25 Å². The minimum Gasteiger partial charge on any atom is -0.134 e. The lowest BCUT2D eigenvalue weighted by Crippen LogP contribution is -1.84. The van der Waals surface area contributed by atoms with Gasteiger partial charge in [0.2, 0.25) is 0 Å². The van der Waals surface area contributed by atoms with E-state index in [0.717, 1.165) is 0 Å². The van der Waals surface area contributed by atoms with Crippen molar-refractivity contribution in [3.63, 3.8) is 0 Å². The van der Waals surface area contributed by atoms with Gasteiger partial charge in [-0.2, -0.15) is 0 Å². The Balaban J connectivity index is -0.000000101. The van der Waals surface area contributed by atoms with E-state index in [2.05, 4.69) is 39.3 Å². The van der Waals surface area contributed by atoms with E-state index in [1.807, 2.05) is 0 Å². The molecule has 0 aliphatic heterocycles. The third kappa shape index (κ3) is 4540. The van der Waals surface area contributed by atoms with Crippen molar-refractivity contribution in [3.05, 3.63) is 0 Å². The highest BCUT2D eigenvalue weighted by molar-refractivity contribution is 7.30. The summed E-state index contributed by atoms with van der Waals surface area (Å²) < 4.78 is 8.70. The Morgan fingerprint density at radius 1 is 0.833 bits per heavy atom. The monoisotopic (exact) mass is 229 g/mol. The van der Waals surface area contributed by atoms with Crippen molar-refractivity contribution in [2.45, 2.75) is 39.3 Å². The SMILES string of the molecule is C[SiH](C)C.C[SiH](C)C.O=[P+](O)O. The Kier molecular flexibility index (Phi) is 21.3. The zero-order valence-electron chi connectivity index (χ0n) is 8.90. The van der Waals surface area contributed by atoms with Crippen LogP contribution in [0, 0.1) is 0 Å². The van der Waals surface area contributed by atoms with Crippen LogP contribution in [0.3, 0.4) is 0 Å². The van der Waals surface area contributed by atoms with Crippen molar-refractivity contribution in [1.82, 2.24) is 0 Å². The zero-order chi connectivity index (χ0) is 10.7. The highest BCUT2D eigenvalue weighted by Crippen LogP contribution is 1.98. The summed E-state index contributed by atoms with van der Waals surface area (Å²) in [6.45, 7) is 13.8. The van der Waals surface area contributed by atoms with Gasteiger partial charge in [0.25, 0.3) is 0 Å². The van der Waals surface area contributed by atoms with Crippen LogP contribution in [0.25, 0.3) is 0 Å². The first-order valence-corrected chi connectivity index (χ1v) is 12.1. The second-order valence-corrected chi connectivity index (χ2v) is 11.2. The molecule has 0 saturated heterocycles. The molecule has 0 saturated carbocycles. The van der Waals surface area contributed by atoms with Gasteiger partial charge in [-0.1, -0.05) is 39.3 Å². The number of hydrogen-bond donors (Lipinski definition) is 2. The van der Waals surface area contributed by atoms with Crippen LogP contribution in [0.5, 0.6) is 0 Å². The minimum atomic E-state index is -2.87. The Labute approximate surface area is 80.0 Å². The van der Waals surface area contributed by atoms with Gasteiger partial charge in [-0.25, -0.2) is 0 Å². The van der Waals surface area contributed by atoms with Gasteiger partial charge in [0.1, 0.15) is 0 Å². The van der Waals surface area contributed by atoms with E-state index in [1.165, 1.54) is 0 Å². The highest BCUT2D eigenvalue weighted by atomic mass is 31.1. The third-order valence-corrected chi connectivity index (χ3v) is 0. The maximum absolute atomic E-state index is 8.70. The molecule has 0 aliphatic rings. The zero-order valence-corrected chi connectivity index (χ0v) is 12.1. The topological polar surface area (TPSA) is 57.5 Å². The van der Waals surface area contributed by atoms with Crippen molar-refractivity contribution in [2.24, 2.45) is 0 Å². The molecule has 3 nitrogen and oxygen atoms in total. The molecule has 12 heavy (non-hydrogen) atoms. The summed E-state index contributed by atoms with van der Waals surface area (Å²) in [5.74, 6) is 0. The molecule has 0 spiro atoms. The predicted molar refractivity (Wildman–Crippen MR) is 61.5 cm³/mol. The molecule has 0 amide bonds. The quantitative estimate of drug-likeness (QED) is 0.492. The van der Waals surface area contributed by atoms with Crippen LogP contribution in [0.4, 0.5) is 0 Å². The molecule has 0 heterocycles. The second kappa shape index (κ2) is 14.0. The Morgan fingerprint density at radius 3 is 0.833 bits per heavy atom. The molecular formula is C6H22O3PSi2+. The van der Waals surface area contributed by atoms with Crippen molar-refractivity contribution < 1.29 is 14.4 Å². The molecule has 0 radical (unpaired) electrons. The van der Waals surface area contributed by atoms with E-state index in [0.29, 0.717) is 0 Å². The maximum atomic E-state index is 8.70. The van der Waals surface area contributed by atoms with Gasteiger partial charge in [0, 0.05) is 22.2 Å². The van der Waals surface area contributed by atoms with Crippen LogP contribution in [0.15, 0.2) is 0 Å². The highest BCUT2D eigenvalue weighted by Gasteiger charge is 1.93. The molecular weight excluding hydrogens is 207 g/mol. The molecule has 0 aromatic carbocycles. The fraction of sp³-hybridized carbons (Fsp3) is 1.00. The first-order chi connectivity index (χ1) is 5.20. The normalized spacial score (nSPS) is 8.17. The summed E-state index contributed by atoms with van der Waals surface area (Å²) in [5.41, 5.74) is 0. The maximum Gasteiger partial charge on any atom is 0.692 e.